The normalized spacial score (nSPS) is 13.3. The smallest absolute Gasteiger partial charge is 0.422 e. The van der Waals surface area contributed by atoms with Crippen molar-refractivity contribution in [1.29, 1.82) is 0 Å². The van der Waals surface area contributed by atoms with Crippen molar-refractivity contribution in [3.63, 3.8) is 0 Å². The first-order valence-electron chi connectivity index (χ1n) is 3.67. The van der Waals surface area contributed by atoms with Crippen LogP contribution in [0.5, 0.6) is 0 Å². The van der Waals surface area contributed by atoms with Crippen molar-refractivity contribution >= 4 is 0 Å². The number of hydrogen-bond acceptors (Lipinski definition) is 2. The van der Waals surface area contributed by atoms with E-state index >= 15 is 0 Å². The number of alkyl halides is 3. The van der Waals surface area contributed by atoms with Gasteiger partial charge < -0.3 is 9.64 Å². The van der Waals surface area contributed by atoms with E-state index in [2.05, 4.69) is 11.3 Å². The highest BCUT2D eigenvalue weighted by Crippen LogP contribution is 2.19. The zero-order chi connectivity index (χ0) is 11.4. The Morgan fingerprint density at radius 1 is 1.43 bits per heavy atom. The Morgan fingerprint density at radius 3 is 2.21 bits per heavy atom. The Balaban J connectivity index is 4.49. The van der Waals surface area contributed by atoms with Crippen LogP contribution in [0.3, 0.4) is 0 Å². The number of hydrogen-bond donors (Lipinski definition) is 0. The van der Waals surface area contributed by atoms with Crippen molar-refractivity contribution in [2.75, 3.05) is 20.7 Å². The Kier molecular flexibility index (Phi) is 4.46. The largest absolute Gasteiger partial charge is 0.467 e. The molecule has 2 nitrogen and oxygen atoms in total. The molecule has 0 rings (SSSR count). The Morgan fingerprint density at radius 2 is 1.93 bits per heavy atom. The molecule has 0 N–H and O–H groups in total. The third-order valence-electron chi connectivity index (χ3n) is 1.16. The number of nitrogens with zero attached hydrogens (tertiary/aromatic N) is 1. The summed E-state index contributed by atoms with van der Waals surface area (Å²) in [4.78, 5) is 1.10. The predicted molar refractivity (Wildman–Crippen MR) is 44.0 cm³/mol. The molecule has 0 spiro atoms. The lowest BCUT2D eigenvalue weighted by Crippen LogP contribution is -2.22. The molecule has 0 amide bonds. The molecule has 0 aliphatic heterocycles. The minimum absolute atomic E-state index is 0.489. The SMILES string of the molecule is C=C/C(F)=C(/OCC(F)(F)F)N(C)C. The highest BCUT2D eigenvalue weighted by molar-refractivity contribution is 5.11. The van der Waals surface area contributed by atoms with Crippen molar-refractivity contribution < 1.29 is 22.3 Å². The van der Waals surface area contributed by atoms with Gasteiger partial charge in [-0.1, -0.05) is 6.58 Å². The Bertz CT molecular complexity index is 232. The van der Waals surface area contributed by atoms with Crippen molar-refractivity contribution in [1.82, 2.24) is 4.90 Å². The maximum absolute atomic E-state index is 12.8. The molecule has 0 bridgehead atoms. The standard InChI is InChI=1S/C8H11F4NO/c1-4-6(9)7(13(2)3)14-5-8(10,11)12/h4H,1,5H2,2-3H3/b7-6-. The molecule has 0 aromatic carbocycles. The predicted octanol–water partition coefficient (Wildman–Crippen LogP) is 2.45. The Hall–Kier alpha value is -1.20. The second-order valence-corrected chi connectivity index (χ2v) is 2.66. The molecule has 0 aliphatic rings. The van der Waals surface area contributed by atoms with Gasteiger partial charge in [0.15, 0.2) is 12.4 Å². The summed E-state index contributed by atoms with van der Waals surface area (Å²) in [6.07, 6.45) is -3.70. The van der Waals surface area contributed by atoms with E-state index in [4.69, 9.17) is 0 Å². The molecule has 0 heterocycles. The maximum Gasteiger partial charge on any atom is 0.422 e. The van der Waals surface area contributed by atoms with Gasteiger partial charge >= 0.3 is 6.18 Å². The van der Waals surface area contributed by atoms with Gasteiger partial charge in [-0.25, -0.2) is 4.39 Å². The maximum atomic E-state index is 12.8. The molecule has 0 atom stereocenters. The number of halogens is 4. The zero-order valence-electron chi connectivity index (χ0n) is 7.86. The van der Waals surface area contributed by atoms with Crippen LogP contribution in [-0.4, -0.2) is 31.8 Å². The van der Waals surface area contributed by atoms with E-state index in [-0.39, 0.29) is 0 Å². The lowest BCUT2D eigenvalue weighted by molar-refractivity contribution is -0.169. The molecule has 0 aromatic rings. The number of allylic oxidation sites excluding steroid dienone is 2. The van der Waals surface area contributed by atoms with E-state index in [0.29, 0.717) is 0 Å². The highest BCUT2D eigenvalue weighted by atomic mass is 19.4. The minimum atomic E-state index is -4.48. The van der Waals surface area contributed by atoms with Gasteiger partial charge in [0, 0.05) is 14.1 Å². The fraction of sp³-hybridized carbons (Fsp3) is 0.500. The Labute approximate surface area is 79.5 Å². The summed E-state index contributed by atoms with van der Waals surface area (Å²) < 4.78 is 52.3. The van der Waals surface area contributed by atoms with Gasteiger partial charge in [-0.3, -0.25) is 0 Å². The van der Waals surface area contributed by atoms with Gasteiger partial charge in [-0.15, -0.1) is 0 Å². The second-order valence-electron chi connectivity index (χ2n) is 2.66. The van der Waals surface area contributed by atoms with Gasteiger partial charge in [0.05, 0.1) is 0 Å². The fourth-order valence-electron chi connectivity index (χ4n) is 0.649. The lowest BCUT2D eigenvalue weighted by Gasteiger charge is -2.18. The first-order chi connectivity index (χ1) is 6.28. The van der Waals surface area contributed by atoms with E-state index < -0.39 is 24.5 Å². The molecular formula is C8H11F4NO. The van der Waals surface area contributed by atoms with Crippen LogP contribution < -0.4 is 0 Å². The third-order valence-corrected chi connectivity index (χ3v) is 1.16. The summed E-state index contributed by atoms with van der Waals surface area (Å²) in [6.45, 7) is 1.56. The molecular weight excluding hydrogens is 202 g/mol. The van der Waals surface area contributed by atoms with E-state index in [1.807, 2.05) is 0 Å². The quantitative estimate of drug-likeness (QED) is 0.404. The van der Waals surface area contributed by atoms with Crippen LogP contribution >= 0.6 is 0 Å². The molecule has 0 fully saturated rings. The van der Waals surface area contributed by atoms with Crippen LogP contribution in [0.4, 0.5) is 17.6 Å². The van der Waals surface area contributed by atoms with E-state index in [9.17, 15) is 17.6 Å². The van der Waals surface area contributed by atoms with E-state index in [1.54, 1.807) is 0 Å². The molecule has 0 aliphatic carbocycles. The molecule has 82 valence electrons. The molecule has 0 unspecified atom stereocenters. The van der Waals surface area contributed by atoms with Crippen LogP contribution in [0, 0.1) is 0 Å². The number of ether oxygens (including phenoxy) is 1. The zero-order valence-corrected chi connectivity index (χ0v) is 7.86. The average molecular weight is 213 g/mol. The minimum Gasteiger partial charge on any atom is -0.467 e. The highest BCUT2D eigenvalue weighted by Gasteiger charge is 2.29. The van der Waals surface area contributed by atoms with Crippen molar-refractivity contribution in [2.45, 2.75) is 6.18 Å². The van der Waals surface area contributed by atoms with Crippen LogP contribution in [0.2, 0.25) is 0 Å². The van der Waals surface area contributed by atoms with Crippen molar-refractivity contribution in [3.05, 3.63) is 24.4 Å². The van der Waals surface area contributed by atoms with Crippen LogP contribution in [0.1, 0.15) is 0 Å². The summed E-state index contributed by atoms with van der Waals surface area (Å²) >= 11 is 0. The summed E-state index contributed by atoms with van der Waals surface area (Å²) in [5.41, 5.74) is 0. The lowest BCUT2D eigenvalue weighted by atomic mass is 10.5. The third kappa shape index (κ3) is 4.74. The number of rotatable bonds is 4. The molecule has 0 aromatic heterocycles. The van der Waals surface area contributed by atoms with Gasteiger partial charge in [0.2, 0.25) is 5.88 Å². The van der Waals surface area contributed by atoms with E-state index in [1.165, 1.54) is 14.1 Å². The first-order valence-corrected chi connectivity index (χ1v) is 3.67. The van der Waals surface area contributed by atoms with Gasteiger partial charge in [0.1, 0.15) is 0 Å². The molecule has 14 heavy (non-hydrogen) atoms. The molecule has 6 heteroatoms. The molecule has 0 radical (unpaired) electrons. The monoisotopic (exact) mass is 213 g/mol. The summed E-state index contributed by atoms with van der Waals surface area (Å²) in [6, 6.07) is 0. The first kappa shape index (κ1) is 12.8. The average Bonchev–Trinajstić information content (AvgIpc) is 2.01. The van der Waals surface area contributed by atoms with Crippen LogP contribution in [-0.2, 0) is 4.74 Å². The van der Waals surface area contributed by atoms with Gasteiger partial charge in [0.25, 0.3) is 0 Å². The second kappa shape index (κ2) is 4.88. The summed E-state index contributed by atoms with van der Waals surface area (Å²) in [7, 11) is 2.74. The van der Waals surface area contributed by atoms with Crippen LogP contribution in [0.25, 0.3) is 0 Å². The fourth-order valence-corrected chi connectivity index (χ4v) is 0.649. The van der Waals surface area contributed by atoms with E-state index in [0.717, 1.165) is 11.0 Å². The van der Waals surface area contributed by atoms with Crippen molar-refractivity contribution in [3.8, 4) is 0 Å². The molecule has 0 saturated heterocycles. The summed E-state index contributed by atoms with van der Waals surface area (Å²) in [5.74, 6) is -1.42. The summed E-state index contributed by atoms with van der Waals surface area (Å²) in [5, 5.41) is 0. The van der Waals surface area contributed by atoms with Gasteiger partial charge in [-0.05, 0) is 6.08 Å². The van der Waals surface area contributed by atoms with Crippen molar-refractivity contribution in [2.24, 2.45) is 0 Å². The topological polar surface area (TPSA) is 12.5 Å². The molecule has 0 saturated carbocycles. The van der Waals surface area contributed by atoms with Crippen LogP contribution in [0.15, 0.2) is 24.4 Å². The van der Waals surface area contributed by atoms with Gasteiger partial charge in [-0.2, -0.15) is 13.2 Å².